The Hall–Kier alpha value is -2.22. The van der Waals surface area contributed by atoms with E-state index in [0.29, 0.717) is 16.3 Å². The number of anilines is 1. The van der Waals surface area contributed by atoms with E-state index >= 15 is 0 Å². The van der Waals surface area contributed by atoms with Gasteiger partial charge in [0.2, 0.25) is 0 Å². The van der Waals surface area contributed by atoms with Crippen LogP contribution in [0.2, 0.25) is 0 Å². The molecule has 25 heavy (non-hydrogen) atoms. The molecule has 0 spiro atoms. The van der Waals surface area contributed by atoms with E-state index in [1.807, 2.05) is 16.7 Å². The van der Waals surface area contributed by atoms with Crippen LogP contribution in [0.3, 0.4) is 0 Å². The SMILES string of the molecule is Cc1ccc(C)c(-n2c(-c3sc4ncccc4c3N)n[nH]c2=S)c1.Cl. The third-order valence-electron chi connectivity index (χ3n) is 3.99. The molecule has 0 atom stereocenters. The van der Waals surface area contributed by atoms with Gasteiger partial charge in [-0.3, -0.25) is 9.67 Å². The first-order chi connectivity index (χ1) is 11.6. The number of hydrogen-bond acceptors (Lipinski definition) is 5. The number of fused-ring (bicyclic) bond motifs is 1. The van der Waals surface area contributed by atoms with E-state index < -0.39 is 0 Å². The first-order valence-electron chi connectivity index (χ1n) is 7.44. The molecule has 0 radical (unpaired) electrons. The minimum Gasteiger partial charge on any atom is -0.397 e. The van der Waals surface area contributed by atoms with Crippen molar-refractivity contribution in [1.29, 1.82) is 0 Å². The van der Waals surface area contributed by atoms with E-state index in [4.69, 9.17) is 18.0 Å². The van der Waals surface area contributed by atoms with E-state index in [1.165, 1.54) is 11.3 Å². The van der Waals surface area contributed by atoms with Gasteiger partial charge in [-0.05, 0) is 55.4 Å². The summed E-state index contributed by atoms with van der Waals surface area (Å²) in [5.41, 5.74) is 10.3. The molecule has 3 N–H and O–H groups in total. The smallest absolute Gasteiger partial charge is 0.200 e. The number of pyridine rings is 1. The number of halogens is 1. The maximum atomic E-state index is 6.36. The fourth-order valence-corrected chi connectivity index (χ4v) is 4.02. The maximum absolute atomic E-state index is 6.36. The van der Waals surface area contributed by atoms with Crippen molar-refractivity contribution in [3.8, 4) is 16.4 Å². The molecule has 128 valence electrons. The second kappa shape index (κ2) is 6.59. The second-order valence-corrected chi connectivity index (χ2v) is 7.06. The first kappa shape index (κ1) is 17.6. The van der Waals surface area contributed by atoms with E-state index in [2.05, 4.69) is 47.2 Å². The summed E-state index contributed by atoms with van der Waals surface area (Å²) < 4.78 is 2.49. The minimum atomic E-state index is 0. The second-order valence-electron chi connectivity index (χ2n) is 5.68. The summed E-state index contributed by atoms with van der Waals surface area (Å²) in [6.45, 7) is 4.12. The Labute approximate surface area is 159 Å². The summed E-state index contributed by atoms with van der Waals surface area (Å²) in [5.74, 6) is 0.717. The molecule has 0 aliphatic heterocycles. The van der Waals surface area contributed by atoms with Gasteiger partial charge in [0.1, 0.15) is 4.83 Å². The summed E-state index contributed by atoms with van der Waals surface area (Å²) in [6.07, 6.45) is 1.77. The van der Waals surface area contributed by atoms with Gasteiger partial charge in [-0.2, -0.15) is 5.10 Å². The highest BCUT2D eigenvalue weighted by Gasteiger charge is 2.19. The number of hydrogen-bond donors (Lipinski definition) is 2. The van der Waals surface area contributed by atoms with Gasteiger partial charge in [0.15, 0.2) is 10.6 Å². The number of aromatic nitrogens is 4. The van der Waals surface area contributed by atoms with Crippen molar-refractivity contribution in [2.75, 3.05) is 5.73 Å². The zero-order valence-electron chi connectivity index (χ0n) is 13.6. The molecule has 0 bridgehead atoms. The predicted molar refractivity (Wildman–Crippen MR) is 108 cm³/mol. The van der Waals surface area contributed by atoms with Crippen molar-refractivity contribution < 1.29 is 0 Å². The lowest BCUT2D eigenvalue weighted by molar-refractivity contribution is 1.02. The zero-order chi connectivity index (χ0) is 16.8. The lowest BCUT2D eigenvalue weighted by Gasteiger charge is -2.10. The van der Waals surface area contributed by atoms with Crippen LogP contribution in [-0.2, 0) is 0 Å². The van der Waals surface area contributed by atoms with Crippen LogP contribution in [0.4, 0.5) is 5.69 Å². The van der Waals surface area contributed by atoms with Gasteiger partial charge >= 0.3 is 0 Å². The largest absolute Gasteiger partial charge is 0.397 e. The lowest BCUT2D eigenvalue weighted by Crippen LogP contribution is -2.01. The number of nitrogen functional groups attached to an aromatic ring is 1. The van der Waals surface area contributed by atoms with Crippen molar-refractivity contribution in [3.63, 3.8) is 0 Å². The summed E-state index contributed by atoms with van der Waals surface area (Å²) in [5, 5.41) is 8.28. The summed E-state index contributed by atoms with van der Waals surface area (Å²) >= 11 is 7.00. The number of benzene rings is 1. The molecule has 0 aliphatic carbocycles. The molecular formula is C17H16ClN5S2. The van der Waals surface area contributed by atoms with Gasteiger partial charge in [-0.25, -0.2) is 4.98 Å². The first-order valence-corrected chi connectivity index (χ1v) is 8.67. The highest BCUT2D eigenvalue weighted by Crippen LogP contribution is 2.39. The molecule has 0 fully saturated rings. The van der Waals surface area contributed by atoms with Crippen molar-refractivity contribution in [2.24, 2.45) is 0 Å². The third-order valence-corrected chi connectivity index (χ3v) is 5.38. The van der Waals surface area contributed by atoms with Crippen molar-refractivity contribution in [1.82, 2.24) is 19.7 Å². The Morgan fingerprint density at radius 2 is 2.04 bits per heavy atom. The molecule has 4 rings (SSSR count). The van der Waals surface area contributed by atoms with Gasteiger partial charge in [-0.1, -0.05) is 12.1 Å². The lowest BCUT2D eigenvalue weighted by atomic mass is 10.1. The van der Waals surface area contributed by atoms with Crippen LogP contribution in [0, 0.1) is 18.6 Å². The molecule has 1 aromatic carbocycles. The number of nitrogens with zero attached hydrogens (tertiary/aromatic N) is 3. The Morgan fingerprint density at radius 3 is 2.80 bits per heavy atom. The average Bonchev–Trinajstić information content (AvgIpc) is 3.11. The molecule has 0 saturated carbocycles. The van der Waals surface area contributed by atoms with E-state index in [9.17, 15) is 0 Å². The van der Waals surface area contributed by atoms with Crippen molar-refractivity contribution >= 4 is 51.9 Å². The van der Waals surface area contributed by atoms with Crippen LogP contribution in [0.5, 0.6) is 0 Å². The van der Waals surface area contributed by atoms with Gasteiger partial charge in [-0.15, -0.1) is 23.7 Å². The van der Waals surface area contributed by atoms with Crippen LogP contribution in [-0.4, -0.2) is 19.7 Å². The van der Waals surface area contributed by atoms with Crippen LogP contribution in [0.15, 0.2) is 36.5 Å². The standard InChI is InChI=1S/C17H15N5S2.ClH/c1-9-5-6-10(2)12(8-9)22-15(20-21-17(22)23)14-13(18)11-4-3-7-19-16(11)24-14;/h3-8H,18H2,1-2H3,(H,21,23);1H. The van der Waals surface area contributed by atoms with Crippen molar-refractivity contribution in [3.05, 3.63) is 52.4 Å². The van der Waals surface area contributed by atoms with E-state index in [1.54, 1.807) is 6.20 Å². The number of H-pyrrole nitrogens is 1. The number of aryl methyl sites for hydroxylation is 2. The highest BCUT2D eigenvalue weighted by molar-refractivity contribution is 7.71. The topological polar surface area (TPSA) is 72.5 Å². The van der Waals surface area contributed by atoms with E-state index in [-0.39, 0.29) is 12.4 Å². The summed E-state index contributed by atoms with van der Waals surface area (Å²) in [4.78, 5) is 6.16. The molecule has 0 saturated heterocycles. The molecule has 0 amide bonds. The van der Waals surface area contributed by atoms with Crippen LogP contribution >= 0.6 is 36.0 Å². The number of nitrogens with one attached hydrogen (secondary N) is 1. The zero-order valence-corrected chi connectivity index (χ0v) is 16.1. The summed E-state index contributed by atoms with van der Waals surface area (Å²) in [6, 6.07) is 10.1. The fraction of sp³-hybridized carbons (Fsp3) is 0.118. The van der Waals surface area contributed by atoms with Gasteiger partial charge < -0.3 is 5.73 Å². The number of nitrogens with two attached hydrogens (primary N) is 1. The van der Waals surface area contributed by atoms with Gasteiger partial charge in [0.25, 0.3) is 0 Å². The Bertz CT molecular complexity index is 1130. The number of aromatic amines is 1. The summed E-state index contributed by atoms with van der Waals surface area (Å²) in [7, 11) is 0. The molecule has 3 aromatic heterocycles. The minimum absolute atomic E-state index is 0. The van der Waals surface area contributed by atoms with Gasteiger partial charge in [0, 0.05) is 11.6 Å². The molecule has 0 aliphatic rings. The molecule has 0 unspecified atom stereocenters. The monoisotopic (exact) mass is 389 g/mol. The highest BCUT2D eigenvalue weighted by atomic mass is 35.5. The predicted octanol–water partition coefficient (Wildman–Crippen LogP) is 4.83. The van der Waals surface area contributed by atoms with Crippen LogP contribution in [0.1, 0.15) is 11.1 Å². The molecular weight excluding hydrogens is 374 g/mol. The van der Waals surface area contributed by atoms with E-state index in [0.717, 1.165) is 31.9 Å². The average molecular weight is 390 g/mol. The van der Waals surface area contributed by atoms with Crippen molar-refractivity contribution in [2.45, 2.75) is 13.8 Å². The third kappa shape index (κ3) is 2.84. The quantitative estimate of drug-likeness (QED) is 0.482. The Morgan fingerprint density at radius 1 is 1.24 bits per heavy atom. The Kier molecular flexibility index (Phi) is 4.64. The Balaban J connectivity index is 0.00000182. The van der Waals surface area contributed by atoms with Crippen LogP contribution in [0.25, 0.3) is 26.6 Å². The number of thiophene rings is 1. The van der Waals surface area contributed by atoms with Gasteiger partial charge in [0.05, 0.1) is 16.3 Å². The molecule has 5 nitrogen and oxygen atoms in total. The normalized spacial score (nSPS) is 10.8. The fourth-order valence-electron chi connectivity index (χ4n) is 2.75. The molecule has 8 heteroatoms. The number of rotatable bonds is 2. The maximum Gasteiger partial charge on any atom is 0.200 e. The molecule has 4 aromatic rings. The molecule has 3 heterocycles. The van der Waals surface area contributed by atoms with Crippen LogP contribution < -0.4 is 5.73 Å².